The Kier molecular flexibility index (Phi) is 4.49. The maximum atomic E-state index is 12.8. The molecule has 1 unspecified atom stereocenters. The number of hydrogen-bond acceptors (Lipinski definition) is 4. The van der Waals surface area contributed by atoms with Crippen molar-refractivity contribution >= 4 is 27.4 Å². The summed E-state index contributed by atoms with van der Waals surface area (Å²) >= 11 is 3.50. The Balaban J connectivity index is 1.94. The molecule has 2 aliphatic rings. The van der Waals surface area contributed by atoms with E-state index in [1.807, 2.05) is 24.3 Å². The van der Waals surface area contributed by atoms with Crippen molar-refractivity contribution in [3.05, 3.63) is 63.3 Å². The standard InChI is InChI=1S/C21H20BrNO3/c1-25-18-10-14-16(11-19(18)26-2)23-15-4-3-5-17(24)21(15)20(14)12-6-8-13(22)9-7-12/h6-11,20,23H,3-5H2,1-2H3. The minimum absolute atomic E-state index is 0.0954. The van der Waals surface area contributed by atoms with Crippen LogP contribution in [0.3, 0.4) is 0 Å². The Morgan fingerprint density at radius 2 is 1.73 bits per heavy atom. The third-order valence-electron chi connectivity index (χ3n) is 5.10. The topological polar surface area (TPSA) is 47.6 Å². The van der Waals surface area contributed by atoms with E-state index in [0.29, 0.717) is 17.9 Å². The van der Waals surface area contributed by atoms with Crippen LogP contribution in [0, 0.1) is 0 Å². The fraction of sp³-hybridized carbons (Fsp3) is 0.286. The van der Waals surface area contributed by atoms with Crippen LogP contribution in [0.2, 0.25) is 0 Å². The van der Waals surface area contributed by atoms with Crippen molar-refractivity contribution in [2.75, 3.05) is 19.5 Å². The maximum Gasteiger partial charge on any atom is 0.162 e. The molecular formula is C21H20BrNO3. The monoisotopic (exact) mass is 413 g/mol. The van der Waals surface area contributed by atoms with Gasteiger partial charge < -0.3 is 14.8 Å². The number of benzene rings is 2. The van der Waals surface area contributed by atoms with Crippen molar-refractivity contribution in [2.45, 2.75) is 25.2 Å². The van der Waals surface area contributed by atoms with Gasteiger partial charge >= 0.3 is 0 Å². The van der Waals surface area contributed by atoms with E-state index in [-0.39, 0.29) is 11.7 Å². The highest BCUT2D eigenvalue weighted by Crippen LogP contribution is 2.48. The highest BCUT2D eigenvalue weighted by Gasteiger charge is 2.35. The molecule has 1 atom stereocenters. The normalized spacial score (nSPS) is 18.7. The summed E-state index contributed by atoms with van der Waals surface area (Å²) in [5, 5.41) is 3.48. The quantitative estimate of drug-likeness (QED) is 0.766. The van der Waals surface area contributed by atoms with Gasteiger partial charge in [-0.2, -0.15) is 0 Å². The lowest BCUT2D eigenvalue weighted by molar-refractivity contribution is -0.116. The zero-order valence-electron chi connectivity index (χ0n) is 14.8. The lowest BCUT2D eigenvalue weighted by Gasteiger charge is -2.34. The van der Waals surface area contributed by atoms with Gasteiger partial charge in [0.15, 0.2) is 17.3 Å². The molecule has 0 bridgehead atoms. The van der Waals surface area contributed by atoms with Crippen LogP contribution in [0.4, 0.5) is 5.69 Å². The first-order valence-electron chi connectivity index (χ1n) is 8.67. The Hall–Kier alpha value is -2.27. The zero-order valence-corrected chi connectivity index (χ0v) is 16.4. The lowest BCUT2D eigenvalue weighted by Crippen LogP contribution is -2.27. The fourth-order valence-electron chi connectivity index (χ4n) is 3.89. The molecule has 4 nitrogen and oxygen atoms in total. The molecule has 0 radical (unpaired) electrons. The smallest absolute Gasteiger partial charge is 0.162 e. The highest BCUT2D eigenvalue weighted by atomic mass is 79.9. The van der Waals surface area contributed by atoms with Gasteiger partial charge in [-0.25, -0.2) is 0 Å². The predicted octanol–water partition coefficient (Wildman–Crippen LogP) is 5.03. The Morgan fingerprint density at radius 3 is 2.42 bits per heavy atom. The summed E-state index contributed by atoms with van der Waals surface area (Å²) in [6.07, 6.45) is 2.39. The number of methoxy groups -OCH3 is 2. The minimum Gasteiger partial charge on any atom is -0.493 e. The van der Waals surface area contributed by atoms with E-state index in [0.717, 1.165) is 45.4 Å². The van der Waals surface area contributed by atoms with Crippen LogP contribution >= 0.6 is 15.9 Å². The summed E-state index contributed by atoms with van der Waals surface area (Å²) in [6, 6.07) is 12.1. The van der Waals surface area contributed by atoms with Gasteiger partial charge in [-0.1, -0.05) is 28.1 Å². The molecule has 0 fully saturated rings. The SMILES string of the molecule is COc1cc2c(cc1OC)C(c1ccc(Br)cc1)C1=C(CCCC1=O)N2. The summed E-state index contributed by atoms with van der Waals surface area (Å²) in [6.45, 7) is 0. The molecule has 1 aliphatic heterocycles. The van der Waals surface area contributed by atoms with Crippen LogP contribution in [-0.4, -0.2) is 20.0 Å². The average molecular weight is 414 g/mol. The van der Waals surface area contributed by atoms with Gasteiger partial charge in [0, 0.05) is 39.8 Å². The number of nitrogens with one attached hydrogen (secondary N) is 1. The van der Waals surface area contributed by atoms with Gasteiger partial charge in [-0.3, -0.25) is 4.79 Å². The summed E-state index contributed by atoms with van der Waals surface area (Å²) in [5.74, 6) is 1.48. The maximum absolute atomic E-state index is 12.8. The molecule has 0 saturated carbocycles. The Labute approximate surface area is 161 Å². The summed E-state index contributed by atoms with van der Waals surface area (Å²) < 4.78 is 12.0. The number of ether oxygens (including phenoxy) is 2. The molecule has 5 heteroatoms. The Bertz CT molecular complexity index is 902. The number of hydrogen-bond donors (Lipinski definition) is 1. The van der Waals surface area contributed by atoms with Gasteiger partial charge in [-0.05, 0) is 42.2 Å². The molecule has 2 aromatic rings. The number of Topliss-reactive ketones (excluding diaryl/α,β-unsaturated/α-hetero) is 1. The van der Waals surface area contributed by atoms with Gasteiger partial charge in [0.2, 0.25) is 0 Å². The molecule has 26 heavy (non-hydrogen) atoms. The van der Waals surface area contributed by atoms with Crippen LogP contribution in [0.5, 0.6) is 11.5 Å². The number of ketones is 1. The van der Waals surface area contributed by atoms with Gasteiger partial charge in [0.05, 0.1) is 14.2 Å². The highest BCUT2D eigenvalue weighted by molar-refractivity contribution is 9.10. The third-order valence-corrected chi connectivity index (χ3v) is 5.63. The largest absolute Gasteiger partial charge is 0.493 e. The van der Waals surface area contributed by atoms with Crippen molar-refractivity contribution in [1.82, 2.24) is 0 Å². The average Bonchev–Trinajstić information content (AvgIpc) is 2.66. The summed E-state index contributed by atoms with van der Waals surface area (Å²) in [4.78, 5) is 12.8. The number of carbonyl (C=O) groups excluding carboxylic acids is 1. The molecule has 0 saturated heterocycles. The number of carbonyl (C=O) groups is 1. The second-order valence-electron chi connectivity index (χ2n) is 6.57. The van der Waals surface area contributed by atoms with Crippen LogP contribution < -0.4 is 14.8 Å². The lowest BCUT2D eigenvalue weighted by atomic mass is 9.75. The van der Waals surface area contributed by atoms with Crippen LogP contribution in [0.25, 0.3) is 0 Å². The summed E-state index contributed by atoms with van der Waals surface area (Å²) in [7, 11) is 3.26. The molecule has 2 aromatic carbocycles. The number of anilines is 1. The number of halogens is 1. The van der Waals surface area contributed by atoms with E-state index < -0.39 is 0 Å². The third kappa shape index (κ3) is 2.80. The van der Waals surface area contributed by atoms with Crippen molar-refractivity contribution in [1.29, 1.82) is 0 Å². The van der Waals surface area contributed by atoms with Crippen molar-refractivity contribution in [3.8, 4) is 11.5 Å². The number of fused-ring (bicyclic) bond motifs is 1. The molecule has 1 N–H and O–H groups in total. The second-order valence-corrected chi connectivity index (χ2v) is 7.49. The number of rotatable bonds is 3. The number of allylic oxidation sites excluding steroid dienone is 2. The van der Waals surface area contributed by atoms with Crippen molar-refractivity contribution in [2.24, 2.45) is 0 Å². The van der Waals surface area contributed by atoms with E-state index >= 15 is 0 Å². The van der Waals surface area contributed by atoms with E-state index in [2.05, 4.69) is 33.4 Å². The second kappa shape index (κ2) is 6.80. The fourth-order valence-corrected chi connectivity index (χ4v) is 4.15. The first-order valence-corrected chi connectivity index (χ1v) is 9.46. The van der Waals surface area contributed by atoms with Gasteiger partial charge in [-0.15, -0.1) is 0 Å². The van der Waals surface area contributed by atoms with E-state index in [4.69, 9.17) is 9.47 Å². The first kappa shape index (κ1) is 17.2. The van der Waals surface area contributed by atoms with Crippen molar-refractivity contribution in [3.63, 3.8) is 0 Å². The van der Waals surface area contributed by atoms with Crippen LogP contribution in [0.1, 0.15) is 36.3 Å². The van der Waals surface area contributed by atoms with Gasteiger partial charge in [0.1, 0.15) is 0 Å². The summed E-state index contributed by atoms with van der Waals surface area (Å²) in [5.41, 5.74) is 5.04. The minimum atomic E-state index is -0.0954. The molecule has 134 valence electrons. The van der Waals surface area contributed by atoms with Crippen molar-refractivity contribution < 1.29 is 14.3 Å². The molecule has 0 spiro atoms. The van der Waals surface area contributed by atoms with Crippen LogP contribution in [-0.2, 0) is 4.79 Å². The zero-order chi connectivity index (χ0) is 18.3. The van der Waals surface area contributed by atoms with E-state index in [1.54, 1.807) is 14.2 Å². The van der Waals surface area contributed by atoms with Crippen LogP contribution in [0.15, 0.2) is 52.1 Å². The molecular weight excluding hydrogens is 394 g/mol. The first-order chi connectivity index (χ1) is 12.6. The molecule has 0 aromatic heterocycles. The predicted molar refractivity (Wildman–Crippen MR) is 105 cm³/mol. The molecule has 1 heterocycles. The molecule has 1 aliphatic carbocycles. The van der Waals surface area contributed by atoms with E-state index in [9.17, 15) is 4.79 Å². The van der Waals surface area contributed by atoms with Gasteiger partial charge in [0.25, 0.3) is 0 Å². The molecule has 4 rings (SSSR count). The van der Waals surface area contributed by atoms with E-state index in [1.165, 1.54) is 0 Å². The Morgan fingerprint density at radius 1 is 1.04 bits per heavy atom. The molecule has 0 amide bonds.